The number of anilines is 2. The third-order valence-corrected chi connectivity index (χ3v) is 8.73. The molecule has 0 saturated carbocycles. The zero-order chi connectivity index (χ0) is 26.7. The molecule has 202 valence electrons. The molecule has 5 heterocycles. The van der Waals surface area contributed by atoms with Crippen molar-refractivity contribution >= 4 is 44.9 Å². The molecular formula is C29H31ClFN7O. The summed E-state index contributed by atoms with van der Waals surface area (Å²) >= 11 is 6.84. The van der Waals surface area contributed by atoms with E-state index in [1.807, 2.05) is 24.3 Å². The lowest BCUT2D eigenvalue weighted by Gasteiger charge is -2.34. The Labute approximate surface area is 231 Å². The zero-order valence-electron chi connectivity index (χ0n) is 21.8. The molecule has 0 aliphatic carbocycles. The first-order valence-corrected chi connectivity index (χ1v) is 14.0. The van der Waals surface area contributed by atoms with Crippen molar-refractivity contribution in [1.29, 1.82) is 0 Å². The molecule has 2 aromatic carbocycles. The summed E-state index contributed by atoms with van der Waals surface area (Å²) in [6, 6.07) is 12.4. The molecule has 2 aromatic heterocycles. The van der Waals surface area contributed by atoms with Crippen molar-refractivity contribution in [2.75, 3.05) is 43.9 Å². The molecule has 3 atom stereocenters. The highest BCUT2D eigenvalue weighted by Gasteiger charge is 2.34. The summed E-state index contributed by atoms with van der Waals surface area (Å²) in [5.74, 6) is 0.403. The van der Waals surface area contributed by atoms with E-state index in [4.69, 9.17) is 27.1 Å². The monoisotopic (exact) mass is 547 g/mol. The Hall–Kier alpha value is -3.27. The number of benzene rings is 2. The number of nitrogens with one attached hydrogen (secondary N) is 1. The average molecular weight is 548 g/mol. The van der Waals surface area contributed by atoms with E-state index in [1.54, 1.807) is 12.1 Å². The van der Waals surface area contributed by atoms with E-state index in [1.165, 1.54) is 0 Å². The van der Waals surface area contributed by atoms with Gasteiger partial charge in [0.05, 0.1) is 16.3 Å². The van der Waals surface area contributed by atoms with Crippen LogP contribution in [-0.2, 0) is 0 Å². The molecule has 3 aliphatic rings. The number of aromatic nitrogens is 3. The summed E-state index contributed by atoms with van der Waals surface area (Å²) in [6.07, 6.45) is 4.43. The summed E-state index contributed by atoms with van der Waals surface area (Å²) < 4.78 is 22.8. The van der Waals surface area contributed by atoms with Crippen molar-refractivity contribution in [1.82, 2.24) is 25.2 Å². The van der Waals surface area contributed by atoms with Crippen LogP contribution in [0.15, 0.2) is 36.4 Å². The summed E-state index contributed by atoms with van der Waals surface area (Å²) in [6.45, 7) is 3.07. The Bertz CT molecular complexity index is 1570. The third-order valence-electron chi connectivity index (χ3n) is 8.43. The Morgan fingerprint density at radius 3 is 2.64 bits per heavy atom. The van der Waals surface area contributed by atoms with Gasteiger partial charge in [-0.05, 0) is 56.8 Å². The number of nitrogen functional groups attached to an aromatic ring is 1. The maximum absolute atomic E-state index is 16.6. The number of nitrogens with two attached hydrogens (primary N) is 1. The number of ether oxygens (including phenoxy) is 1. The van der Waals surface area contributed by atoms with Gasteiger partial charge in [-0.25, -0.2) is 9.37 Å². The van der Waals surface area contributed by atoms with Crippen molar-refractivity contribution in [3.05, 3.63) is 47.2 Å². The lowest BCUT2D eigenvalue weighted by atomic mass is 10.0. The summed E-state index contributed by atoms with van der Waals surface area (Å²) in [4.78, 5) is 18.5. The largest absolute Gasteiger partial charge is 0.462 e. The average Bonchev–Trinajstić information content (AvgIpc) is 3.50. The molecule has 0 spiro atoms. The normalized spacial score (nSPS) is 23.3. The second-order valence-electron chi connectivity index (χ2n) is 11.0. The van der Waals surface area contributed by atoms with Crippen LogP contribution in [0.4, 0.5) is 16.0 Å². The molecule has 0 amide bonds. The number of halogens is 2. The van der Waals surface area contributed by atoms with Gasteiger partial charge in [-0.3, -0.25) is 0 Å². The van der Waals surface area contributed by atoms with E-state index >= 15 is 4.39 Å². The first-order chi connectivity index (χ1) is 18.9. The molecule has 3 saturated heterocycles. The summed E-state index contributed by atoms with van der Waals surface area (Å²) in [7, 11) is 2.10. The first-order valence-electron chi connectivity index (χ1n) is 13.6. The lowest BCUT2D eigenvalue weighted by Crippen LogP contribution is -2.51. The molecular weight excluding hydrogens is 517 g/mol. The van der Waals surface area contributed by atoms with Gasteiger partial charge in [0.1, 0.15) is 23.8 Å². The maximum atomic E-state index is 16.6. The number of rotatable bonds is 5. The maximum Gasteiger partial charge on any atom is 0.319 e. The molecule has 39 heavy (non-hydrogen) atoms. The predicted octanol–water partition coefficient (Wildman–Crippen LogP) is 4.63. The Morgan fingerprint density at radius 2 is 1.87 bits per heavy atom. The Kier molecular flexibility index (Phi) is 6.17. The number of likely N-dealkylation sites (tertiary alicyclic amines) is 1. The van der Waals surface area contributed by atoms with E-state index in [0.29, 0.717) is 41.4 Å². The highest BCUT2D eigenvalue weighted by Crippen LogP contribution is 2.41. The number of piperazine rings is 1. The molecule has 4 aromatic rings. The quantitative estimate of drug-likeness (QED) is 0.373. The third kappa shape index (κ3) is 4.42. The molecule has 3 fully saturated rings. The number of nitrogens with zero attached hydrogens (tertiary/aromatic N) is 5. The summed E-state index contributed by atoms with van der Waals surface area (Å²) in [5.41, 5.74) is 6.87. The van der Waals surface area contributed by atoms with Crippen molar-refractivity contribution in [3.63, 3.8) is 0 Å². The summed E-state index contributed by atoms with van der Waals surface area (Å²) in [5, 5.41) is 6.09. The zero-order valence-corrected chi connectivity index (χ0v) is 22.6. The van der Waals surface area contributed by atoms with E-state index in [2.05, 4.69) is 32.1 Å². The molecule has 8 nitrogen and oxygen atoms in total. The van der Waals surface area contributed by atoms with Gasteiger partial charge in [0, 0.05) is 42.0 Å². The van der Waals surface area contributed by atoms with Gasteiger partial charge in [-0.2, -0.15) is 9.97 Å². The fourth-order valence-corrected chi connectivity index (χ4v) is 6.70. The minimum Gasteiger partial charge on any atom is -0.462 e. The molecule has 3 aliphatic heterocycles. The highest BCUT2D eigenvalue weighted by molar-refractivity contribution is 6.34. The van der Waals surface area contributed by atoms with E-state index < -0.39 is 5.82 Å². The standard InChI is InChI=1S/C29H31ClFN7O/c1-37-10-4-6-19(37)15-39-29-35-27-21(28(36-29)38-13-17-8-9-18(14-38)33-17)12-22(30)24(25(27)31)26-20-7-3-2-5-16(20)11-23(32)34-26/h2-3,5,7,11-12,17-19,33H,4,6,8-10,13-15H2,1H3,(H2,32,34)/t17?,18?,19-/m0/s1. The molecule has 2 unspecified atom stereocenters. The number of likely N-dealkylation sites (N-methyl/N-ethyl adjacent to an activating group) is 1. The topological polar surface area (TPSA) is 92.4 Å². The SMILES string of the molecule is CN1CCC[C@H]1COc1nc(N2CC3CCC(C2)N3)c2cc(Cl)c(-c3nc(N)cc4ccccc34)c(F)c2n1. The minimum absolute atomic E-state index is 0.174. The van der Waals surface area contributed by atoms with Crippen molar-refractivity contribution < 1.29 is 9.13 Å². The number of hydrogen-bond donors (Lipinski definition) is 2. The van der Waals surface area contributed by atoms with Crippen molar-refractivity contribution in [2.45, 2.75) is 43.8 Å². The fraction of sp³-hybridized carbons (Fsp3) is 0.414. The predicted molar refractivity (Wildman–Crippen MR) is 153 cm³/mol. The van der Waals surface area contributed by atoms with Gasteiger partial charge in [0.2, 0.25) is 0 Å². The second-order valence-corrected chi connectivity index (χ2v) is 11.4. The van der Waals surface area contributed by atoms with E-state index in [9.17, 15) is 0 Å². The Balaban J connectivity index is 1.39. The lowest BCUT2D eigenvalue weighted by molar-refractivity contribution is 0.188. The van der Waals surface area contributed by atoms with Gasteiger partial charge in [-0.15, -0.1) is 0 Å². The van der Waals surface area contributed by atoms with E-state index in [0.717, 1.165) is 56.1 Å². The molecule has 10 heteroatoms. The van der Waals surface area contributed by atoms with Crippen LogP contribution in [0.1, 0.15) is 25.7 Å². The van der Waals surface area contributed by atoms with Crippen LogP contribution < -0.4 is 20.7 Å². The molecule has 2 bridgehead atoms. The number of hydrogen-bond acceptors (Lipinski definition) is 8. The fourth-order valence-electron chi connectivity index (χ4n) is 6.42. The van der Waals surface area contributed by atoms with Crippen LogP contribution in [0.2, 0.25) is 5.02 Å². The molecule has 3 N–H and O–H groups in total. The van der Waals surface area contributed by atoms with Crippen LogP contribution in [0, 0.1) is 5.82 Å². The smallest absolute Gasteiger partial charge is 0.319 e. The van der Waals surface area contributed by atoms with E-state index in [-0.39, 0.29) is 28.2 Å². The molecule has 0 radical (unpaired) electrons. The van der Waals surface area contributed by atoms with Crippen molar-refractivity contribution in [3.8, 4) is 17.3 Å². The first kappa shape index (κ1) is 24.7. The minimum atomic E-state index is -0.551. The van der Waals surface area contributed by atoms with Crippen LogP contribution in [0.3, 0.4) is 0 Å². The van der Waals surface area contributed by atoms with Gasteiger partial charge in [0.25, 0.3) is 0 Å². The van der Waals surface area contributed by atoms with Gasteiger partial charge in [-0.1, -0.05) is 35.9 Å². The second kappa shape index (κ2) is 9.73. The van der Waals surface area contributed by atoms with Crippen LogP contribution in [0.25, 0.3) is 32.9 Å². The van der Waals surface area contributed by atoms with Crippen LogP contribution in [-0.4, -0.2) is 71.3 Å². The highest BCUT2D eigenvalue weighted by atomic mass is 35.5. The van der Waals surface area contributed by atoms with Gasteiger partial charge >= 0.3 is 6.01 Å². The van der Waals surface area contributed by atoms with Gasteiger partial charge < -0.3 is 25.6 Å². The van der Waals surface area contributed by atoms with Crippen LogP contribution in [0.5, 0.6) is 6.01 Å². The number of fused-ring (bicyclic) bond motifs is 4. The Morgan fingerprint density at radius 1 is 1.08 bits per heavy atom. The van der Waals surface area contributed by atoms with Gasteiger partial charge in [0.15, 0.2) is 5.82 Å². The number of pyridine rings is 1. The molecule has 7 rings (SSSR count). The van der Waals surface area contributed by atoms with Crippen LogP contribution >= 0.6 is 11.6 Å². The van der Waals surface area contributed by atoms with Crippen molar-refractivity contribution in [2.24, 2.45) is 0 Å².